The summed E-state index contributed by atoms with van der Waals surface area (Å²) >= 11 is 0. The van der Waals surface area contributed by atoms with Gasteiger partial charge in [-0.2, -0.15) is 5.26 Å². The molecule has 92 valence electrons. The highest BCUT2D eigenvalue weighted by molar-refractivity contribution is 5.98. The summed E-state index contributed by atoms with van der Waals surface area (Å²) in [5, 5.41) is 10.8. The number of hydrogen-bond acceptors (Lipinski definition) is 3. The minimum Gasteiger partial charge on any atom is -0.341 e. The number of nitrogens with one attached hydrogen (secondary N) is 1. The number of nitrogens with zero attached hydrogens (tertiary/aromatic N) is 2. The van der Waals surface area contributed by atoms with Crippen LogP contribution in [0, 0.1) is 11.3 Å². The van der Waals surface area contributed by atoms with Crippen molar-refractivity contribution in [2.24, 2.45) is 0 Å². The largest absolute Gasteiger partial charge is 0.341 e. The van der Waals surface area contributed by atoms with E-state index in [1.807, 2.05) is 24.3 Å². The lowest BCUT2D eigenvalue weighted by Gasteiger charge is -2.27. The Morgan fingerprint density at radius 3 is 3.00 bits per heavy atom. The molecule has 0 aliphatic carbocycles. The van der Waals surface area contributed by atoms with E-state index in [0.717, 1.165) is 12.0 Å². The number of benzene rings is 1. The van der Waals surface area contributed by atoms with E-state index in [1.165, 1.54) is 4.90 Å². The van der Waals surface area contributed by atoms with Crippen molar-refractivity contribution in [1.82, 2.24) is 10.2 Å². The van der Waals surface area contributed by atoms with E-state index in [2.05, 4.69) is 5.32 Å². The van der Waals surface area contributed by atoms with Crippen molar-refractivity contribution in [3.8, 4) is 6.07 Å². The molecule has 18 heavy (non-hydrogen) atoms. The zero-order chi connectivity index (χ0) is 13.0. The van der Waals surface area contributed by atoms with Crippen LogP contribution in [0.2, 0.25) is 0 Å². The molecule has 5 heteroatoms. The van der Waals surface area contributed by atoms with Gasteiger partial charge in [0.05, 0.1) is 12.6 Å². The van der Waals surface area contributed by atoms with Gasteiger partial charge in [-0.15, -0.1) is 0 Å². The average Bonchev–Trinajstić information content (AvgIpc) is 2.40. The van der Waals surface area contributed by atoms with Gasteiger partial charge in [-0.1, -0.05) is 18.2 Å². The molecule has 1 aliphatic heterocycles. The Labute approximate surface area is 105 Å². The van der Waals surface area contributed by atoms with Gasteiger partial charge in [0.25, 0.3) is 5.91 Å². The second-order valence-electron chi connectivity index (χ2n) is 4.07. The molecule has 1 aliphatic rings. The van der Waals surface area contributed by atoms with Gasteiger partial charge < -0.3 is 10.2 Å². The smallest absolute Gasteiger partial charge is 0.254 e. The van der Waals surface area contributed by atoms with Crippen LogP contribution in [0.4, 0.5) is 0 Å². The monoisotopic (exact) mass is 243 g/mol. The van der Waals surface area contributed by atoms with Crippen LogP contribution in [-0.2, 0) is 11.2 Å². The van der Waals surface area contributed by atoms with Crippen molar-refractivity contribution in [2.75, 3.05) is 19.6 Å². The number of hydrogen-bond donors (Lipinski definition) is 1. The van der Waals surface area contributed by atoms with Gasteiger partial charge in [-0.25, -0.2) is 0 Å². The summed E-state index contributed by atoms with van der Waals surface area (Å²) in [5.74, 6) is -0.423. The highest BCUT2D eigenvalue weighted by atomic mass is 16.2. The number of fused-ring (bicyclic) bond motifs is 1. The third-order valence-electron chi connectivity index (χ3n) is 2.89. The van der Waals surface area contributed by atoms with Gasteiger partial charge in [-0.05, 0) is 18.1 Å². The van der Waals surface area contributed by atoms with E-state index in [1.54, 1.807) is 6.07 Å². The van der Waals surface area contributed by atoms with E-state index < -0.39 is 0 Å². The van der Waals surface area contributed by atoms with E-state index in [9.17, 15) is 9.59 Å². The summed E-state index contributed by atoms with van der Waals surface area (Å²) in [6.45, 7) is 0.516. The molecule has 0 atom stereocenters. The summed E-state index contributed by atoms with van der Waals surface area (Å²) in [4.78, 5) is 25.1. The maximum Gasteiger partial charge on any atom is 0.254 e. The summed E-state index contributed by atoms with van der Waals surface area (Å²) in [6.07, 6.45) is 0.757. The van der Waals surface area contributed by atoms with Crippen LogP contribution < -0.4 is 5.32 Å². The number of carbonyl (C=O) groups is 2. The molecule has 1 heterocycles. The Hall–Kier alpha value is -2.35. The lowest BCUT2D eigenvalue weighted by atomic mass is 9.99. The van der Waals surface area contributed by atoms with E-state index >= 15 is 0 Å². The quantitative estimate of drug-likeness (QED) is 0.777. The topological polar surface area (TPSA) is 73.2 Å². The predicted octanol–water partition coefficient (Wildman–Crippen LogP) is 0.325. The Morgan fingerprint density at radius 2 is 2.22 bits per heavy atom. The van der Waals surface area contributed by atoms with E-state index in [-0.39, 0.29) is 24.9 Å². The molecule has 2 amide bonds. The van der Waals surface area contributed by atoms with E-state index in [4.69, 9.17) is 5.26 Å². The predicted molar refractivity (Wildman–Crippen MR) is 64.7 cm³/mol. The normalized spacial score (nSPS) is 13.7. The van der Waals surface area contributed by atoms with Gasteiger partial charge in [-0.3, -0.25) is 9.59 Å². The number of amides is 2. The van der Waals surface area contributed by atoms with Crippen molar-refractivity contribution in [1.29, 1.82) is 5.26 Å². The minimum absolute atomic E-state index is 0.00878. The van der Waals surface area contributed by atoms with Crippen LogP contribution in [-0.4, -0.2) is 36.3 Å². The Bertz CT molecular complexity index is 519. The summed E-state index contributed by atoms with van der Waals surface area (Å²) in [7, 11) is 0. The van der Waals surface area contributed by atoms with Crippen molar-refractivity contribution in [2.45, 2.75) is 6.42 Å². The van der Waals surface area contributed by atoms with Crippen LogP contribution in [0.1, 0.15) is 15.9 Å². The Balaban J connectivity index is 2.04. The third-order valence-corrected chi connectivity index (χ3v) is 2.89. The maximum atomic E-state index is 12.1. The third kappa shape index (κ3) is 2.48. The SMILES string of the molecule is N#CCNC(=O)CN1CCc2ccccc2C1=O. The second kappa shape index (κ2) is 5.32. The standard InChI is InChI=1S/C13H13N3O2/c14-6-7-15-12(17)9-16-8-5-10-3-1-2-4-11(10)13(16)18/h1-4H,5,7-9H2,(H,15,17). The van der Waals surface area contributed by atoms with Crippen molar-refractivity contribution >= 4 is 11.8 Å². The van der Waals surface area contributed by atoms with Crippen LogP contribution in [0.3, 0.4) is 0 Å². The zero-order valence-corrected chi connectivity index (χ0v) is 9.85. The van der Waals surface area contributed by atoms with Gasteiger partial charge in [0, 0.05) is 12.1 Å². The Morgan fingerprint density at radius 1 is 1.44 bits per heavy atom. The molecule has 0 spiro atoms. The molecule has 0 aromatic heterocycles. The first-order valence-electron chi connectivity index (χ1n) is 5.73. The molecule has 5 nitrogen and oxygen atoms in total. The summed E-state index contributed by atoms with van der Waals surface area (Å²) in [5.41, 5.74) is 1.69. The van der Waals surface area contributed by atoms with Gasteiger partial charge in [0.2, 0.25) is 5.91 Å². The van der Waals surface area contributed by atoms with Gasteiger partial charge >= 0.3 is 0 Å². The summed E-state index contributed by atoms with van der Waals surface area (Å²) < 4.78 is 0. The molecule has 1 aromatic rings. The molecule has 1 aromatic carbocycles. The van der Waals surface area contributed by atoms with Crippen LogP contribution in [0.15, 0.2) is 24.3 Å². The zero-order valence-electron chi connectivity index (χ0n) is 9.85. The van der Waals surface area contributed by atoms with Crippen LogP contribution >= 0.6 is 0 Å². The lowest BCUT2D eigenvalue weighted by Crippen LogP contribution is -2.44. The molecule has 0 bridgehead atoms. The lowest BCUT2D eigenvalue weighted by molar-refractivity contribution is -0.121. The molecule has 1 N–H and O–H groups in total. The molecule has 0 unspecified atom stereocenters. The fourth-order valence-electron chi connectivity index (χ4n) is 1.99. The van der Waals surface area contributed by atoms with Crippen molar-refractivity contribution in [3.05, 3.63) is 35.4 Å². The van der Waals surface area contributed by atoms with Crippen molar-refractivity contribution < 1.29 is 9.59 Å². The first kappa shape index (κ1) is 12.1. The molecule has 2 rings (SSSR count). The highest BCUT2D eigenvalue weighted by Crippen LogP contribution is 2.17. The van der Waals surface area contributed by atoms with Gasteiger partial charge in [0.1, 0.15) is 6.54 Å². The highest BCUT2D eigenvalue weighted by Gasteiger charge is 2.25. The summed E-state index contributed by atoms with van der Waals surface area (Å²) in [6, 6.07) is 9.25. The fourth-order valence-corrected chi connectivity index (χ4v) is 1.99. The first-order valence-corrected chi connectivity index (χ1v) is 5.73. The van der Waals surface area contributed by atoms with Crippen LogP contribution in [0.25, 0.3) is 0 Å². The average molecular weight is 243 g/mol. The first-order chi connectivity index (χ1) is 8.72. The van der Waals surface area contributed by atoms with Crippen molar-refractivity contribution in [3.63, 3.8) is 0 Å². The van der Waals surface area contributed by atoms with Crippen LogP contribution in [0.5, 0.6) is 0 Å². The molecule has 0 saturated heterocycles. The fraction of sp³-hybridized carbons (Fsp3) is 0.308. The number of nitriles is 1. The second-order valence-corrected chi connectivity index (χ2v) is 4.07. The molecule has 0 saturated carbocycles. The molecular weight excluding hydrogens is 230 g/mol. The molecule has 0 fully saturated rings. The minimum atomic E-state index is -0.302. The van der Waals surface area contributed by atoms with E-state index in [0.29, 0.717) is 12.1 Å². The Kier molecular flexibility index (Phi) is 3.58. The van der Waals surface area contributed by atoms with Gasteiger partial charge in [0.15, 0.2) is 0 Å². The number of rotatable bonds is 3. The maximum absolute atomic E-state index is 12.1. The molecular formula is C13H13N3O2. The molecule has 0 radical (unpaired) electrons. The number of carbonyl (C=O) groups excluding carboxylic acids is 2.